The summed E-state index contributed by atoms with van der Waals surface area (Å²) in [5, 5.41) is 0.972. The summed E-state index contributed by atoms with van der Waals surface area (Å²) in [5.74, 6) is -0.903. The van der Waals surface area contributed by atoms with Crippen LogP contribution in [0.15, 0.2) is 36.5 Å². The molecule has 2 atom stereocenters. The number of fused-ring (bicyclic) bond motifs is 1. The lowest BCUT2D eigenvalue weighted by Crippen LogP contribution is -2.53. The second-order valence-electron chi connectivity index (χ2n) is 8.88. The lowest BCUT2D eigenvalue weighted by Gasteiger charge is -2.36. The van der Waals surface area contributed by atoms with Gasteiger partial charge in [0.1, 0.15) is 5.60 Å². The fraction of sp³-hybridized carbons (Fsp3) is 0.560. The first kappa shape index (κ1) is 26.7. The zero-order valence-electron chi connectivity index (χ0n) is 20.5. The topological polar surface area (TPSA) is 104 Å². The van der Waals surface area contributed by atoms with Gasteiger partial charge in [-0.1, -0.05) is 24.3 Å². The number of benzene rings is 1. The van der Waals surface area contributed by atoms with Crippen LogP contribution in [0.1, 0.15) is 53.5 Å². The Bertz CT molecular complexity index is 916. The number of carbonyl (C=O) groups is 2. The molecule has 2 rings (SSSR count). The third kappa shape index (κ3) is 7.77. The number of para-hydroxylation sites is 1. The Hall–Kier alpha value is -2.55. The van der Waals surface area contributed by atoms with Crippen LogP contribution in [0.2, 0.25) is 0 Å². The van der Waals surface area contributed by atoms with Gasteiger partial charge in [0, 0.05) is 31.3 Å². The van der Waals surface area contributed by atoms with Crippen molar-refractivity contribution in [2.24, 2.45) is 5.73 Å². The van der Waals surface area contributed by atoms with E-state index in [1.54, 1.807) is 31.9 Å². The summed E-state index contributed by atoms with van der Waals surface area (Å²) in [6, 6.07) is 8.15. The molecule has 0 aliphatic heterocycles. The molecule has 182 valence electrons. The molecule has 0 bridgehead atoms. The van der Waals surface area contributed by atoms with Crippen molar-refractivity contribution >= 4 is 22.8 Å². The number of hydrogen-bond donors (Lipinski definition) is 1. The van der Waals surface area contributed by atoms with Gasteiger partial charge in [0.15, 0.2) is 6.29 Å². The minimum absolute atomic E-state index is 0.221. The van der Waals surface area contributed by atoms with Gasteiger partial charge in [0.2, 0.25) is 5.91 Å². The van der Waals surface area contributed by atoms with Gasteiger partial charge in [-0.2, -0.15) is 0 Å². The Labute approximate surface area is 196 Å². The highest BCUT2D eigenvalue weighted by molar-refractivity contribution is 5.87. The summed E-state index contributed by atoms with van der Waals surface area (Å²) >= 11 is 0. The smallest absolute Gasteiger partial charge is 0.308 e. The molecule has 8 nitrogen and oxygen atoms in total. The van der Waals surface area contributed by atoms with Crippen LogP contribution in [0.3, 0.4) is 0 Å². The number of carbonyl (C=O) groups excluding carboxylic acids is 2. The van der Waals surface area contributed by atoms with Gasteiger partial charge in [-0.3, -0.25) is 14.6 Å². The number of esters is 1. The summed E-state index contributed by atoms with van der Waals surface area (Å²) in [5.41, 5.74) is 7.21. The van der Waals surface area contributed by atoms with E-state index in [9.17, 15) is 9.59 Å². The molecule has 0 saturated heterocycles. The predicted molar refractivity (Wildman–Crippen MR) is 127 cm³/mol. The largest absolute Gasteiger partial charge is 0.460 e. The van der Waals surface area contributed by atoms with Crippen LogP contribution in [0.5, 0.6) is 0 Å². The van der Waals surface area contributed by atoms with Crippen LogP contribution in [0.25, 0.3) is 10.9 Å². The molecule has 1 amide bonds. The molecule has 1 heterocycles. The summed E-state index contributed by atoms with van der Waals surface area (Å²) in [6.45, 7) is 12.0. The fourth-order valence-corrected chi connectivity index (χ4v) is 3.57. The molecule has 0 radical (unpaired) electrons. The van der Waals surface area contributed by atoms with E-state index in [2.05, 4.69) is 4.98 Å². The molecule has 33 heavy (non-hydrogen) atoms. The third-order valence-electron chi connectivity index (χ3n) is 5.01. The second-order valence-corrected chi connectivity index (χ2v) is 8.88. The van der Waals surface area contributed by atoms with Crippen molar-refractivity contribution in [2.75, 3.05) is 13.2 Å². The van der Waals surface area contributed by atoms with Crippen molar-refractivity contribution in [1.82, 2.24) is 9.88 Å². The SMILES string of the molecule is CCOC(OCC)C(C)N(Cc1cccc2cccnc12)C(=O)C(N)CC(=O)OC(C)(C)C. The molecule has 1 aromatic heterocycles. The number of hydrogen-bond acceptors (Lipinski definition) is 7. The van der Waals surface area contributed by atoms with Crippen molar-refractivity contribution in [3.63, 3.8) is 0 Å². The van der Waals surface area contributed by atoms with Crippen LogP contribution in [0, 0.1) is 0 Å². The molecule has 0 fully saturated rings. The Morgan fingerprint density at radius 2 is 1.73 bits per heavy atom. The number of ether oxygens (including phenoxy) is 3. The van der Waals surface area contributed by atoms with E-state index in [4.69, 9.17) is 19.9 Å². The normalized spacial score (nSPS) is 13.7. The second kappa shape index (κ2) is 12.1. The lowest BCUT2D eigenvalue weighted by atomic mass is 10.1. The predicted octanol–water partition coefficient (Wildman–Crippen LogP) is 3.41. The van der Waals surface area contributed by atoms with Gasteiger partial charge >= 0.3 is 5.97 Å². The first-order chi connectivity index (χ1) is 15.6. The molecule has 2 N–H and O–H groups in total. The van der Waals surface area contributed by atoms with E-state index >= 15 is 0 Å². The third-order valence-corrected chi connectivity index (χ3v) is 5.01. The molecular weight excluding hydrogens is 422 g/mol. The van der Waals surface area contributed by atoms with Crippen LogP contribution in [-0.2, 0) is 30.3 Å². The van der Waals surface area contributed by atoms with Crippen LogP contribution in [-0.4, -0.2) is 58.9 Å². The van der Waals surface area contributed by atoms with Crippen molar-refractivity contribution < 1.29 is 23.8 Å². The maximum Gasteiger partial charge on any atom is 0.308 e. The molecule has 2 unspecified atom stereocenters. The molecule has 0 aliphatic rings. The minimum atomic E-state index is -1.06. The van der Waals surface area contributed by atoms with Gasteiger partial charge in [-0.15, -0.1) is 0 Å². The number of nitrogens with zero attached hydrogens (tertiary/aromatic N) is 2. The number of amides is 1. The van der Waals surface area contributed by atoms with Crippen molar-refractivity contribution in [3.8, 4) is 0 Å². The van der Waals surface area contributed by atoms with Gasteiger partial charge in [-0.05, 0) is 53.2 Å². The maximum atomic E-state index is 13.5. The van der Waals surface area contributed by atoms with Crippen LogP contribution in [0.4, 0.5) is 0 Å². The molecule has 1 aromatic carbocycles. The van der Waals surface area contributed by atoms with Crippen molar-refractivity contribution in [3.05, 3.63) is 42.1 Å². The van der Waals surface area contributed by atoms with Gasteiger partial charge in [0.25, 0.3) is 0 Å². The zero-order valence-corrected chi connectivity index (χ0v) is 20.5. The molecular formula is C25H37N3O5. The first-order valence-corrected chi connectivity index (χ1v) is 11.4. The monoisotopic (exact) mass is 459 g/mol. The number of nitrogens with two attached hydrogens (primary N) is 1. The highest BCUT2D eigenvalue weighted by Crippen LogP contribution is 2.22. The average molecular weight is 460 g/mol. The van der Waals surface area contributed by atoms with Crippen molar-refractivity contribution in [1.29, 1.82) is 0 Å². The van der Waals surface area contributed by atoms with E-state index in [1.165, 1.54) is 0 Å². The van der Waals surface area contributed by atoms with Crippen LogP contribution >= 0.6 is 0 Å². The van der Waals surface area contributed by atoms with E-state index in [-0.39, 0.29) is 18.9 Å². The van der Waals surface area contributed by atoms with Gasteiger partial charge in [-0.25, -0.2) is 0 Å². The quantitative estimate of drug-likeness (QED) is 0.406. The average Bonchev–Trinajstić information content (AvgIpc) is 2.75. The molecule has 2 aromatic rings. The maximum absolute atomic E-state index is 13.5. The summed E-state index contributed by atoms with van der Waals surface area (Å²) in [4.78, 5) is 31.9. The zero-order chi connectivity index (χ0) is 24.6. The van der Waals surface area contributed by atoms with Gasteiger partial charge < -0.3 is 24.8 Å². The molecule has 0 aliphatic carbocycles. The number of pyridine rings is 1. The highest BCUT2D eigenvalue weighted by Gasteiger charge is 2.33. The summed E-state index contributed by atoms with van der Waals surface area (Å²) in [7, 11) is 0. The van der Waals surface area contributed by atoms with Crippen LogP contribution < -0.4 is 5.73 Å². The lowest BCUT2D eigenvalue weighted by molar-refractivity contribution is -0.180. The van der Waals surface area contributed by atoms with E-state index in [1.807, 2.05) is 51.1 Å². The van der Waals surface area contributed by atoms with Gasteiger partial charge in [0.05, 0.1) is 24.0 Å². The Morgan fingerprint density at radius 3 is 2.33 bits per heavy atom. The first-order valence-electron chi connectivity index (χ1n) is 11.4. The number of aromatic nitrogens is 1. The number of rotatable bonds is 11. The highest BCUT2D eigenvalue weighted by atomic mass is 16.7. The fourth-order valence-electron chi connectivity index (χ4n) is 3.57. The van der Waals surface area contributed by atoms with E-state index < -0.39 is 29.9 Å². The molecule has 0 spiro atoms. The molecule has 8 heteroatoms. The van der Waals surface area contributed by atoms with Crippen molar-refractivity contribution in [2.45, 2.75) is 78.5 Å². The Kier molecular flexibility index (Phi) is 9.76. The Morgan fingerprint density at radius 1 is 1.09 bits per heavy atom. The molecule has 0 saturated carbocycles. The Balaban J connectivity index is 2.35. The van der Waals surface area contributed by atoms with E-state index in [0.717, 1.165) is 16.5 Å². The summed E-state index contributed by atoms with van der Waals surface area (Å²) in [6.07, 6.45) is 0.862. The summed E-state index contributed by atoms with van der Waals surface area (Å²) < 4.78 is 16.9. The minimum Gasteiger partial charge on any atom is -0.460 e. The van der Waals surface area contributed by atoms with E-state index in [0.29, 0.717) is 13.2 Å². The standard InChI is InChI=1S/C25H37N3O5/c1-7-31-24(32-8-2)17(3)28(23(30)20(26)15-21(29)33-25(4,5)6)16-19-12-9-11-18-13-10-14-27-22(18)19/h9-14,17,20,24H,7-8,15-16,26H2,1-6H3.